The molecule has 0 unspecified atom stereocenters. The van der Waals surface area contributed by atoms with Gasteiger partial charge < -0.3 is 19.4 Å². The lowest BCUT2D eigenvalue weighted by Crippen LogP contribution is -2.45. The largest absolute Gasteiger partial charge is 0.494 e. The summed E-state index contributed by atoms with van der Waals surface area (Å²) in [5.41, 5.74) is -0.176. The van der Waals surface area contributed by atoms with Gasteiger partial charge in [0.2, 0.25) is 5.43 Å². The number of anilines is 2. The Balaban J connectivity index is 1.30. The monoisotopic (exact) mass is 666 g/mol. The number of rotatable bonds is 14. The van der Waals surface area contributed by atoms with Gasteiger partial charge in [-0.05, 0) is 62.6 Å². The van der Waals surface area contributed by atoms with Crippen LogP contribution in [0.25, 0.3) is 16.7 Å². The molecule has 1 aliphatic heterocycles. The quantitative estimate of drug-likeness (QED) is 0.111. The Morgan fingerprint density at radius 2 is 1.70 bits per heavy atom. The van der Waals surface area contributed by atoms with E-state index in [9.17, 15) is 18.4 Å². The Hall–Kier alpha value is -4.02. The van der Waals surface area contributed by atoms with Gasteiger partial charge in [-0.2, -0.15) is 0 Å². The van der Waals surface area contributed by atoms with E-state index in [1.54, 1.807) is 39.8 Å². The molecular formula is C36H43ClF2N5O3+. The second-order valence-electron chi connectivity index (χ2n) is 12.6. The van der Waals surface area contributed by atoms with Crippen molar-refractivity contribution in [3.63, 3.8) is 0 Å². The SMILES string of the molecule is CC[N+]1(CCCCCCCOc2ccc(-n3cc(C(=O)Nc4cc(F)cc(F)c4)c(=O)c4ccc(N(C)C)nc43)c(Cl)c2)CCCC1. The van der Waals surface area contributed by atoms with Gasteiger partial charge in [0.1, 0.15) is 28.8 Å². The molecule has 1 N–H and O–H groups in total. The highest BCUT2D eigenvalue weighted by atomic mass is 35.5. The number of carbonyl (C=O) groups excluding carboxylic acids is 1. The lowest BCUT2D eigenvalue weighted by Gasteiger charge is -2.33. The number of pyridine rings is 2. The lowest BCUT2D eigenvalue weighted by molar-refractivity contribution is -0.915. The van der Waals surface area contributed by atoms with Gasteiger partial charge in [0, 0.05) is 51.0 Å². The number of nitrogens with one attached hydrogen (secondary N) is 1. The number of unbranched alkanes of at least 4 members (excludes halogenated alkanes) is 4. The molecular weight excluding hydrogens is 624 g/mol. The molecule has 0 saturated carbocycles. The standard InChI is InChI=1S/C36H42ClF2N5O3/c1-4-44(17-9-10-18-44)16-8-6-5-7-11-19-47-28-12-14-32(31(37)23-28)43-24-30(36(46)40-27-21-25(38)20-26(39)22-27)34(45)29-13-15-33(42(2)3)41-35(29)43/h12-15,20-24H,4-11,16-19H2,1-3H3/p+1. The number of amides is 1. The normalized spacial score (nSPS) is 14.0. The maximum atomic E-state index is 13.8. The van der Waals surface area contributed by atoms with Crippen LogP contribution in [0.4, 0.5) is 20.3 Å². The maximum absolute atomic E-state index is 13.8. The van der Waals surface area contributed by atoms with E-state index in [1.807, 2.05) is 14.1 Å². The van der Waals surface area contributed by atoms with Crippen LogP contribution in [0.5, 0.6) is 5.75 Å². The summed E-state index contributed by atoms with van der Waals surface area (Å²) in [7, 11) is 3.65. The molecule has 11 heteroatoms. The first-order chi connectivity index (χ1) is 22.6. The molecule has 1 fully saturated rings. The zero-order valence-corrected chi connectivity index (χ0v) is 28.1. The third-order valence-corrected chi connectivity index (χ3v) is 9.37. The van der Waals surface area contributed by atoms with Crippen molar-refractivity contribution in [2.24, 2.45) is 0 Å². The minimum absolute atomic E-state index is 0.118. The molecule has 0 radical (unpaired) electrons. The van der Waals surface area contributed by atoms with Gasteiger partial charge in [-0.3, -0.25) is 14.2 Å². The van der Waals surface area contributed by atoms with Gasteiger partial charge >= 0.3 is 0 Å². The smallest absolute Gasteiger partial charge is 0.261 e. The summed E-state index contributed by atoms with van der Waals surface area (Å²) in [6.07, 6.45) is 9.85. The van der Waals surface area contributed by atoms with Gasteiger partial charge in [0.25, 0.3) is 5.91 Å². The van der Waals surface area contributed by atoms with Crippen LogP contribution in [0, 0.1) is 11.6 Å². The first-order valence-electron chi connectivity index (χ1n) is 16.4. The van der Waals surface area contributed by atoms with Crippen molar-refractivity contribution in [2.75, 3.05) is 57.1 Å². The van der Waals surface area contributed by atoms with Crippen LogP contribution in [-0.4, -0.2) is 66.8 Å². The van der Waals surface area contributed by atoms with Crippen LogP contribution in [0.1, 0.15) is 62.2 Å². The first-order valence-corrected chi connectivity index (χ1v) is 16.8. The van der Waals surface area contributed by atoms with Crippen molar-refractivity contribution >= 4 is 40.0 Å². The van der Waals surface area contributed by atoms with E-state index in [1.165, 1.54) is 69.0 Å². The van der Waals surface area contributed by atoms with Gasteiger partial charge in [-0.25, -0.2) is 13.8 Å². The minimum atomic E-state index is -0.857. The molecule has 1 amide bonds. The van der Waals surface area contributed by atoms with Crippen LogP contribution in [0.2, 0.25) is 5.02 Å². The molecule has 0 bridgehead atoms. The first kappa shape index (κ1) is 34.3. The highest BCUT2D eigenvalue weighted by Gasteiger charge is 2.29. The Morgan fingerprint density at radius 1 is 1.00 bits per heavy atom. The average Bonchev–Trinajstić information content (AvgIpc) is 3.51. The van der Waals surface area contributed by atoms with Gasteiger partial charge in [-0.1, -0.05) is 24.4 Å². The minimum Gasteiger partial charge on any atom is -0.494 e. The molecule has 0 aliphatic carbocycles. The number of nitrogens with zero attached hydrogens (tertiary/aromatic N) is 4. The Kier molecular flexibility index (Phi) is 11.1. The average molecular weight is 667 g/mol. The van der Waals surface area contributed by atoms with Crippen molar-refractivity contribution in [3.8, 4) is 11.4 Å². The zero-order chi connectivity index (χ0) is 33.6. The van der Waals surface area contributed by atoms with Crippen LogP contribution < -0.4 is 20.4 Å². The van der Waals surface area contributed by atoms with E-state index in [2.05, 4.69) is 17.2 Å². The van der Waals surface area contributed by atoms with Crippen LogP contribution >= 0.6 is 11.6 Å². The molecule has 250 valence electrons. The molecule has 0 atom stereocenters. The van der Waals surface area contributed by atoms with Crippen LogP contribution in [0.3, 0.4) is 0 Å². The summed E-state index contributed by atoms with van der Waals surface area (Å²) in [5, 5.41) is 2.93. The van der Waals surface area contributed by atoms with Crippen molar-refractivity contribution in [1.82, 2.24) is 9.55 Å². The van der Waals surface area contributed by atoms with Gasteiger partial charge in [0.15, 0.2) is 5.65 Å². The second-order valence-corrected chi connectivity index (χ2v) is 13.0. The van der Waals surface area contributed by atoms with Crippen LogP contribution in [0.15, 0.2) is 59.5 Å². The Labute approximate surface area is 279 Å². The van der Waals surface area contributed by atoms with E-state index < -0.39 is 23.0 Å². The molecule has 0 spiro atoms. The summed E-state index contributed by atoms with van der Waals surface area (Å²) in [5.74, 6) is -1.34. The van der Waals surface area contributed by atoms with E-state index in [0.29, 0.717) is 40.6 Å². The van der Waals surface area contributed by atoms with Crippen molar-refractivity contribution in [1.29, 1.82) is 0 Å². The number of hydrogen-bond donors (Lipinski definition) is 1. The third kappa shape index (κ3) is 8.29. The number of fused-ring (bicyclic) bond motifs is 1. The highest BCUT2D eigenvalue weighted by Crippen LogP contribution is 2.29. The van der Waals surface area contributed by atoms with Crippen molar-refractivity contribution in [2.45, 2.75) is 51.9 Å². The fraction of sp³-hybridized carbons (Fsp3) is 0.417. The maximum Gasteiger partial charge on any atom is 0.261 e. The third-order valence-electron chi connectivity index (χ3n) is 9.07. The highest BCUT2D eigenvalue weighted by molar-refractivity contribution is 6.32. The van der Waals surface area contributed by atoms with Crippen molar-refractivity contribution in [3.05, 3.63) is 87.2 Å². The number of hydrogen-bond acceptors (Lipinski definition) is 5. The van der Waals surface area contributed by atoms with Gasteiger partial charge in [0.05, 0.1) is 48.9 Å². The zero-order valence-electron chi connectivity index (χ0n) is 27.3. The molecule has 2 aromatic carbocycles. The predicted octanol–water partition coefficient (Wildman–Crippen LogP) is 7.60. The predicted molar refractivity (Wildman–Crippen MR) is 184 cm³/mol. The van der Waals surface area contributed by atoms with Crippen LogP contribution in [-0.2, 0) is 0 Å². The fourth-order valence-electron chi connectivity index (χ4n) is 6.36. The summed E-state index contributed by atoms with van der Waals surface area (Å²) < 4.78 is 36.4. The number of carbonyl (C=O) groups is 1. The molecule has 2 aromatic heterocycles. The summed E-state index contributed by atoms with van der Waals surface area (Å²) in [6.45, 7) is 8.12. The molecule has 8 nitrogen and oxygen atoms in total. The van der Waals surface area contributed by atoms with E-state index >= 15 is 0 Å². The van der Waals surface area contributed by atoms with E-state index in [-0.39, 0.29) is 16.6 Å². The molecule has 5 rings (SSSR count). The number of likely N-dealkylation sites (tertiary alicyclic amines) is 1. The van der Waals surface area contributed by atoms with E-state index in [0.717, 1.165) is 25.0 Å². The Morgan fingerprint density at radius 3 is 2.38 bits per heavy atom. The van der Waals surface area contributed by atoms with Gasteiger partial charge in [-0.15, -0.1) is 0 Å². The molecule has 47 heavy (non-hydrogen) atoms. The Bertz CT molecular complexity index is 1770. The number of ether oxygens (including phenoxy) is 1. The number of halogens is 3. The number of benzene rings is 2. The molecule has 3 heterocycles. The number of quaternary nitrogens is 1. The molecule has 4 aromatic rings. The topological polar surface area (TPSA) is 76.5 Å². The molecule has 1 saturated heterocycles. The lowest BCUT2D eigenvalue weighted by atomic mass is 10.1. The van der Waals surface area contributed by atoms with Crippen molar-refractivity contribution < 1.29 is 22.8 Å². The summed E-state index contributed by atoms with van der Waals surface area (Å²) in [6, 6.07) is 11.2. The number of aromatic nitrogens is 2. The summed E-state index contributed by atoms with van der Waals surface area (Å²) >= 11 is 6.77. The summed E-state index contributed by atoms with van der Waals surface area (Å²) in [4.78, 5) is 33.2. The fourth-order valence-corrected chi connectivity index (χ4v) is 6.62. The second kappa shape index (κ2) is 15.3. The molecule has 1 aliphatic rings. The van der Waals surface area contributed by atoms with E-state index in [4.69, 9.17) is 16.3 Å².